The Morgan fingerprint density at radius 2 is 2.00 bits per heavy atom. The Morgan fingerprint density at radius 1 is 1.30 bits per heavy atom. The quantitative estimate of drug-likeness (QED) is 0.892. The van der Waals surface area contributed by atoms with Crippen LogP contribution < -0.4 is 4.74 Å². The van der Waals surface area contributed by atoms with E-state index in [0.717, 1.165) is 0 Å². The zero-order chi connectivity index (χ0) is 14.7. The first kappa shape index (κ1) is 14.3. The summed E-state index contributed by atoms with van der Waals surface area (Å²) >= 11 is 3.15. The van der Waals surface area contributed by atoms with E-state index in [1.54, 1.807) is 18.2 Å². The Hall–Kier alpha value is -2.08. The number of hydrogen-bond donors (Lipinski definition) is 2. The molecule has 0 fully saturated rings. The second kappa shape index (κ2) is 5.92. The number of phenols is 1. The molecule has 2 rings (SSSR count). The van der Waals surface area contributed by atoms with Crippen LogP contribution in [0.15, 0.2) is 40.9 Å². The first-order valence-electron chi connectivity index (χ1n) is 5.61. The predicted molar refractivity (Wildman–Crippen MR) is 73.5 cm³/mol. The standard InChI is InChI=1S/C14H10BrFO4/c15-10-5-9(14(18)19)12(17)6-13(10)20-7-8-3-1-2-4-11(8)16/h1-6,17H,7H2,(H,18,19). The van der Waals surface area contributed by atoms with Gasteiger partial charge >= 0.3 is 5.97 Å². The predicted octanol–water partition coefficient (Wildman–Crippen LogP) is 3.57. The summed E-state index contributed by atoms with van der Waals surface area (Å²) in [6.07, 6.45) is 0. The molecule has 2 aromatic rings. The number of carboxylic acid groups (broad SMARTS) is 1. The van der Waals surface area contributed by atoms with Gasteiger partial charge in [0.1, 0.15) is 29.5 Å². The third-order valence-corrected chi connectivity index (χ3v) is 3.24. The largest absolute Gasteiger partial charge is 0.507 e. The molecule has 0 aliphatic heterocycles. The van der Waals surface area contributed by atoms with E-state index >= 15 is 0 Å². The Morgan fingerprint density at radius 3 is 2.65 bits per heavy atom. The van der Waals surface area contributed by atoms with Crippen molar-refractivity contribution in [3.63, 3.8) is 0 Å². The van der Waals surface area contributed by atoms with Gasteiger partial charge in [0.15, 0.2) is 0 Å². The van der Waals surface area contributed by atoms with Gasteiger partial charge in [0, 0.05) is 11.6 Å². The van der Waals surface area contributed by atoms with E-state index in [-0.39, 0.29) is 17.9 Å². The molecule has 0 aliphatic carbocycles. The Balaban J connectivity index is 2.21. The molecule has 4 nitrogen and oxygen atoms in total. The molecule has 0 saturated carbocycles. The smallest absolute Gasteiger partial charge is 0.339 e. The molecule has 0 aromatic heterocycles. The lowest BCUT2D eigenvalue weighted by Crippen LogP contribution is -2.01. The second-order valence-electron chi connectivity index (χ2n) is 3.99. The average molecular weight is 341 g/mol. The zero-order valence-corrected chi connectivity index (χ0v) is 11.7. The molecule has 0 atom stereocenters. The van der Waals surface area contributed by atoms with Gasteiger partial charge in [-0.15, -0.1) is 0 Å². The van der Waals surface area contributed by atoms with Gasteiger partial charge in [0.2, 0.25) is 0 Å². The highest BCUT2D eigenvalue weighted by Gasteiger charge is 2.14. The van der Waals surface area contributed by atoms with Crippen molar-refractivity contribution >= 4 is 21.9 Å². The van der Waals surface area contributed by atoms with Crippen molar-refractivity contribution in [2.45, 2.75) is 6.61 Å². The van der Waals surface area contributed by atoms with Gasteiger partial charge in [-0.25, -0.2) is 9.18 Å². The van der Waals surface area contributed by atoms with Crippen LogP contribution in [0.1, 0.15) is 15.9 Å². The van der Waals surface area contributed by atoms with Crippen molar-refractivity contribution in [2.24, 2.45) is 0 Å². The molecular weight excluding hydrogens is 331 g/mol. The number of aromatic carboxylic acids is 1. The minimum Gasteiger partial charge on any atom is -0.507 e. The molecule has 0 radical (unpaired) electrons. The van der Waals surface area contributed by atoms with Crippen LogP contribution in [0.2, 0.25) is 0 Å². The van der Waals surface area contributed by atoms with Gasteiger partial charge in [-0.1, -0.05) is 18.2 Å². The average Bonchev–Trinajstić information content (AvgIpc) is 2.40. The highest BCUT2D eigenvalue weighted by molar-refractivity contribution is 9.10. The van der Waals surface area contributed by atoms with Gasteiger partial charge in [-0.2, -0.15) is 0 Å². The van der Waals surface area contributed by atoms with Gasteiger partial charge < -0.3 is 14.9 Å². The van der Waals surface area contributed by atoms with Crippen LogP contribution in [0.3, 0.4) is 0 Å². The fourth-order valence-corrected chi connectivity index (χ4v) is 2.05. The van der Waals surface area contributed by atoms with E-state index < -0.39 is 17.5 Å². The monoisotopic (exact) mass is 340 g/mol. The Labute approximate surface area is 122 Å². The highest BCUT2D eigenvalue weighted by Crippen LogP contribution is 2.33. The molecule has 0 heterocycles. The fraction of sp³-hybridized carbons (Fsp3) is 0.0714. The van der Waals surface area contributed by atoms with Gasteiger partial charge in [-0.05, 0) is 28.1 Å². The number of hydrogen-bond acceptors (Lipinski definition) is 3. The minimum absolute atomic E-state index is 0.0306. The molecule has 0 bridgehead atoms. The van der Waals surface area contributed by atoms with E-state index in [4.69, 9.17) is 9.84 Å². The molecule has 2 aromatic carbocycles. The fourth-order valence-electron chi connectivity index (χ4n) is 1.60. The van der Waals surface area contributed by atoms with Crippen LogP contribution in [0.5, 0.6) is 11.5 Å². The third-order valence-electron chi connectivity index (χ3n) is 2.62. The highest BCUT2D eigenvalue weighted by atomic mass is 79.9. The topological polar surface area (TPSA) is 66.8 Å². The lowest BCUT2D eigenvalue weighted by Gasteiger charge is -2.10. The Bertz CT molecular complexity index is 658. The number of halogens is 2. The van der Waals surface area contributed by atoms with Crippen LogP contribution in [-0.2, 0) is 6.61 Å². The number of carbonyl (C=O) groups is 1. The van der Waals surface area contributed by atoms with Crippen molar-refractivity contribution in [3.8, 4) is 11.5 Å². The summed E-state index contributed by atoms with van der Waals surface area (Å²) < 4.78 is 19.2. The number of ether oxygens (including phenoxy) is 1. The summed E-state index contributed by atoms with van der Waals surface area (Å²) in [5, 5.41) is 18.4. The molecule has 0 unspecified atom stereocenters. The van der Waals surface area contributed by atoms with Gasteiger partial charge in [0.25, 0.3) is 0 Å². The number of carboxylic acids is 1. The van der Waals surface area contributed by atoms with Crippen LogP contribution >= 0.6 is 15.9 Å². The summed E-state index contributed by atoms with van der Waals surface area (Å²) in [6.45, 7) is -0.0306. The van der Waals surface area contributed by atoms with Crippen molar-refractivity contribution < 1.29 is 24.1 Å². The summed E-state index contributed by atoms with van der Waals surface area (Å²) in [4.78, 5) is 10.8. The van der Waals surface area contributed by atoms with Crippen molar-refractivity contribution in [1.29, 1.82) is 0 Å². The van der Waals surface area contributed by atoms with E-state index in [9.17, 15) is 14.3 Å². The van der Waals surface area contributed by atoms with Crippen LogP contribution in [-0.4, -0.2) is 16.2 Å². The molecule has 104 valence electrons. The molecule has 0 aliphatic rings. The maximum atomic E-state index is 13.4. The van der Waals surface area contributed by atoms with Crippen molar-refractivity contribution in [1.82, 2.24) is 0 Å². The minimum atomic E-state index is -1.25. The lowest BCUT2D eigenvalue weighted by atomic mass is 10.2. The summed E-state index contributed by atoms with van der Waals surface area (Å²) in [5.74, 6) is -1.82. The SMILES string of the molecule is O=C(O)c1cc(Br)c(OCc2ccccc2F)cc1O. The number of aromatic hydroxyl groups is 1. The molecule has 2 N–H and O–H groups in total. The first-order valence-corrected chi connectivity index (χ1v) is 6.40. The van der Waals surface area contributed by atoms with Crippen LogP contribution in [0.4, 0.5) is 4.39 Å². The molecule has 0 saturated heterocycles. The van der Waals surface area contributed by atoms with E-state index in [1.165, 1.54) is 18.2 Å². The van der Waals surface area contributed by atoms with E-state index in [2.05, 4.69) is 15.9 Å². The van der Waals surface area contributed by atoms with Gasteiger partial charge in [-0.3, -0.25) is 0 Å². The molecule has 6 heteroatoms. The first-order chi connectivity index (χ1) is 9.49. The van der Waals surface area contributed by atoms with E-state index in [0.29, 0.717) is 10.0 Å². The van der Waals surface area contributed by atoms with Crippen LogP contribution in [0.25, 0.3) is 0 Å². The second-order valence-corrected chi connectivity index (χ2v) is 4.84. The van der Waals surface area contributed by atoms with Crippen molar-refractivity contribution in [2.75, 3.05) is 0 Å². The third kappa shape index (κ3) is 3.08. The Kier molecular flexibility index (Phi) is 4.24. The number of rotatable bonds is 4. The molecule has 0 spiro atoms. The van der Waals surface area contributed by atoms with E-state index in [1.807, 2.05) is 0 Å². The molecule has 0 amide bonds. The normalized spacial score (nSPS) is 10.3. The van der Waals surface area contributed by atoms with Crippen molar-refractivity contribution in [3.05, 3.63) is 57.8 Å². The summed E-state index contributed by atoms with van der Waals surface area (Å²) in [6, 6.07) is 8.56. The maximum absolute atomic E-state index is 13.4. The lowest BCUT2D eigenvalue weighted by molar-refractivity contribution is 0.0693. The summed E-state index contributed by atoms with van der Waals surface area (Å²) in [5.41, 5.74) is 0.122. The van der Waals surface area contributed by atoms with Gasteiger partial charge in [0.05, 0.1) is 4.47 Å². The maximum Gasteiger partial charge on any atom is 0.339 e. The zero-order valence-electron chi connectivity index (χ0n) is 10.1. The summed E-state index contributed by atoms with van der Waals surface area (Å²) in [7, 11) is 0. The molecule has 20 heavy (non-hydrogen) atoms. The number of benzene rings is 2. The molecular formula is C14H10BrFO4. The van der Waals surface area contributed by atoms with Crippen LogP contribution in [0, 0.1) is 5.82 Å².